The molecule has 2 N–H and O–H groups in total. The van der Waals surface area contributed by atoms with Crippen molar-refractivity contribution in [3.8, 4) is 5.75 Å². The molecule has 0 atom stereocenters. The summed E-state index contributed by atoms with van der Waals surface area (Å²) in [5.41, 5.74) is 1.18. The van der Waals surface area contributed by atoms with Crippen molar-refractivity contribution in [3.05, 3.63) is 64.2 Å². The van der Waals surface area contributed by atoms with Crippen molar-refractivity contribution in [2.45, 2.75) is 13.8 Å². The van der Waals surface area contributed by atoms with E-state index in [1.54, 1.807) is 26.0 Å². The lowest BCUT2D eigenvalue weighted by Gasteiger charge is -2.10. The molecule has 2 rings (SSSR count). The van der Waals surface area contributed by atoms with Crippen LogP contribution in [0.25, 0.3) is 0 Å². The minimum absolute atomic E-state index is 0.0196. The van der Waals surface area contributed by atoms with Crippen molar-refractivity contribution in [1.82, 2.24) is 0 Å². The SMILES string of the molecule is Cc1ccc(OOCCOC(=O)c2ccc(C)cc2C(=O)O)c(C(=O)O)c1. The molecule has 0 aliphatic heterocycles. The van der Waals surface area contributed by atoms with Gasteiger partial charge in [-0.05, 0) is 43.7 Å². The van der Waals surface area contributed by atoms with Crippen molar-refractivity contribution in [2.24, 2.45) is 0 Å². The first-order valence-electron chi connectivity index (χ1n) is 7.94. The molecule has 27 heavy (non-hydrogen) atoms. The van der Waals surface area contributed by atoms with Gasteiger partial charge in [0.25, 0.3) is 0 Å². The number of benzene rings is 2. The van der Waals surface area contributed by atoms with Crippen LogP contribution in [0.4, 0.5) is 0 Å². The third-order valence-electron chi connectivity index (χ3n) is 3.54. The van der Waals surface area contributed by atoms with Crippen LogP contribution in [0, 0.1) is 13.8 Å². The fourth-order valence-corrected chi connectivity index (χ4v) is 2.25. The van der Waals surface area contributed by atoms with Gasteiger partial charge < -0.3 is 19.8 Å². The summed E-state index contributed by atoms with van der Waals surface area (Å²) in [6, 6.07) is 8.92. The molecule has 0 aliphatic carbocycles. The predicted molar refractivity (Wildman–Crippen MR) is 93.1 cm³/mol. The zero-order valence-electron chi connectivity index (χ0n) is 14.7. The fourth-order valence-electron chi connectivity index (χ4n) is 2.25. The molecule has 8 nitrogen and oxygen atoms in total. The third kappa shape index (κ3) is 5.29. The molecular weight excluding hydrogens is 356 g/mol. The Morgan fingerprint density at radius 2 is 1.41 bits per heavy atom. The van der Waals surface area contributed by atoms with Gasteiger partial charge >= 0.3 is 17.9 Å². The van der Waals surface area contributed by atoms with Crippen molar-refractivity contribution >= 4 is 17.9 Å². The van der Waals surface area contributed by atoms with Gasteiger partial charge in [0.15, 0.2) is 5.75 Å². The lowest BCUT2D eigenvalue weighted by atomic mass is 10.0. The van der Waals surface area contributed by atoms with E-state index in [1.807, 2.05) is 0 Å². The number of aromatic carboxylic acids is 2. The largest absolute Gasteiger partial charge is 0.478 e. The van der Waals surface area contributed by atoms with E-state index in [0.717, 1.165) is 5.56 Å². The van der Waals surface area contributed by atoms with Crippen LogP contribution in [0.1, 0.15) is 42.2 Å². The Kier molecular flexibility index (Phi) is 6.51. The second kappa shape index (κ2) is 8.81. The average molecular weight is 374 g/mol. The zero-order chi connectivity index (χ0) is 20.0. The van der Waals surface area contributed by atoms with Gasteiger partial charge in [-0.3, -0.25) is 0 Å². The Morgan fingerprint density at radius 1 is 0.815 bits per heavy atom. The van der Waals surface area contributed by atoms with Crippen molar-refractivity contribution in [2.75, 3.05) is 13.2 Å². The van der Waals surface area contributed by atoms with Crippen LogP contribution < -0.4 is 4.89 Å². The number of hydrogen-bond donors (Lipinski definition) is 2. The highest BCUT2D eigenvalue weighted by Crippen LogP contribution is 2.20. The average Bonchev–Trinajstić information content (AvgIpc) is 2.61. The Hall–Kier alpha value is -3.39. The summed E-state index contributed by atoms with van der Waals surface area (Å²) in [5.74, 6) is -3.18. The number of aryl methyl sites for hydroxylation is 2. The molecule has 2 aromatic carbocycles. The van der Waals surface area contributed by atoms with Crippen LogP contribution >= 0.6 is 0 Å². The first kappa shape index (κ1) is 19.9. The van der Waals surface area contributed by atoms with Gasteiger partial charge in [-0.15, -0.1) is 0 Å². The maximum absolute atomic E-state index is 12.0. The molecule has 0 aliphatic rings. The van der Waals surface area contributed by atoms with Gasteiger partial charge in [0.1, 0.15) is 18.8 Å². The van der Waals surface area contributed by atoms with Crippen LogP contribution in [-0.4, -0.2) is 41.3 Å². The monoisotopic (exact) mass is 374 g/mol. The van der Waals surface area contributed by atoms with Gasteiger partial charge in [-0.25, -0.2) is 14.4 Å². The topological polar surface area (TPSA) is 119 Å². The van der Waals surface area contributed by atoms with Crippen LogP contribution in [0.15, 0.2) is 36.4 Å². The molecule has 0 unspecified atom stereocenters. The number of ether oxygens (including phenoxy) is 1. The Morgan fingerprint density at radius 3 is 2.04 bits per heavy atom. The number of rotatable bonds is 8. The van der Waals surface area contributed by atoms with E-state index in [9.17, 15) is 14.4 Å². The lowest BCUT2D eigenvalue weighted by Crippen LogP contribution is -2.15. The van der Waals surface area contributed by atoms with E-state index < -0.39 is 17.9 Å². The van der Waals surface area contributed by atoms with Gasteiger partial charge in [-0.2, -0.15) is 4.89 Å². The summed E-state index contributed by atoms with van der Waals surface area (Å²) < 4.78 is 4.97. The number of hydrogen-bond acceptors (Lipinski definition) is 6. The van der Waals surface area contributed by atoms with Gasteiger partial charge in [-0.1, -0.05) is 17.7 Å². The van der Waals surface area contributed by atoms with E-state index in [-0.39, 0.29) is 35.7 Å². The minimum Gasteiger partial charge on any atom is -0.478 e. The molecule has 0 saturated carbocycles. The smallest absolute Gasteiger partial charge is 0.339 e. The number of esters is 1. The standard InChI is InChI=1S/C19H18O8/c1-11-3-5-13(14(9-11)17(20)21)19(24)25-7-8-26-27-16-6-4-12(2)10-15(16)18(22)23/h3-6,9-10H,7-8H2,1-2H3,(H,20,21)(H,22,23). The van der Waals surface area contributed by atoms with Crippen LogP contribution in [-0.2, 0) is 9.62 Å². The predicted octanol–water partition coefficient (Wildman–Crippen LogP) is 2.87. The molecule has 8 heteroatoms. The van der Waals surface area contributed by atoms with E-state index in [2.05, 4.69) is 0 Å². The van der Waals surface area contributed by atoms with Crippen molar-refractivity contribution in [3.63, 3.8) is 0 Å². The minimum atomic E-state index is -1.23. The highest BCUT2D eigenvalue weighted by Gasteiger charge is 2.18. The van der Waals surface area contributed by atoms with Gasteiger partial charge in [0, 0.05) is 0 Å². The summed E-state index contributed by atoms with van der Waals surface area (Å²) in [7, 11) is 0. The third-order valence-corrected chi connectivity index (χ3v) is 3.54. The number of carboxylic acid groups (broad SMARTS) is 2. The van der Waals surface area contributed by atoms with Crippen LogP contribution in [0.5, 0.6) is 5.75 Å². The molecule has 2 aromatic rings. The highest BCUT2D eigenvalue weighted by molar-refractivity contribution is 6.02. The molecule has 0 aromatic heterocycles. The van der Waals surface area contributed by atoms with Crippen molar-refractivity contribution < 1.29 is 39.1 Å². The number of carbonyl (C=O) groups is 3. The van der Waals surface area contributed by atoms with E-state index in [0.29, 0.717) is 5.56 Å². The normalized spacial score (nSPS) is 10.3. The van der Waals surface area contributed by atoms with E-state index >= 15 is 0 Å². The second-order valence-corrected chi connectivity index (χ2v) is 5.70. The highest BCUT2D eigenvalue weighted by atomic mass is 17.2. The Labute approximate surface area is 154 Å². The molecule has 0 bridgehead atoms. The Bertz CT molecular complexity index is 872. The molecule has 0 saturated heterocycles. The lowest BCUT2D eigenvalue weighted by molar-refractivity contribution is -0.212. The zero-order valence-corrected chi connectivity index (χ0v) is 14.7. The summed E-state index contributed by atoms with van der Waals surface area (Å²) in [5, 5.41) is 18.3. The van der Waals surface area contributed by atoms with Gasteiger partial charge in [0.2, 0.25) is 0 Å². The number of carbonyl (C=O) groups excluding carboxylic acids is 1. The first-order chi connectivity index (χ1) is 12.8. The molecule has 0 amide bonds. The summed E-state index contributed by atoms with van der Waals surface area (Å²) in [6.45, 7) is 3.07. The van der Waals surface area contributed by atoms with Crippen LogP contribution in [0.3, 0.4) is 0 Å². The van der Waals surface area contributed by atoms with Crippen molar-refractivity contribution in [1.29, 1.82) is 0 Å². The van der Waals surface area contributed by atoms with Crippen LogP contribution in [0.2, 0.25) is 0 Å². The molecule has 0 radical (unpaired) electrons. The molecule has 0 heterocycles. The molecule has 142 valence electrons. The first-order valence-corrected chi connectivity index (χ1v) is 7.94. The number of carboxylic acids is 2. The quantitative estimate of drug-likeness (QED) is 0.313. The summed E-state index contributed by atoms with van der Waals surface area (Å²) in [6.07, 6.45) is 0. The fraction of sp³-hybridized carbons (Fsp3) is 0.211. The second-order valence-electron chi connectivity index (χ2n) is 5.70. The molecular formula is C19H18O8. The summed E-state index contributed by atoms with van der Waals surface area (Å²) in [4.78, 5) is 44.3. The van der Waals surface area contributed by atoms with E-state index in [4.69, 9.17) is 24.7 Å². The maximum atomic E-state index is 12.0. The van der Waals surface area contributed by atoms with E-state index in [1.165, 1.54) is 24.3 Å². The summed E-state index contributed by atoms with van der Waals surface area (Å²) >= 11 is 0. The van der Waals surface area contributed by atoms with Gasteiger partial charge in [0.05, 0.1) is 11.1 Å². The maximum Gasteiger partial charge on any atom is 0.339 e. The molecule has 0 spiro atoms. The Balaban J connectivity index is 1.89. The molecule has 0 fully saturated rings.